The lowest BCUT2D eigenvalue weighted by atomic mass is 9.84. The van der Waals surface area contributed by atoms with Crippen molar-refractivity contribution in [3.63, 3.8) is 0 Å². The zero-order chi connectivity index (χ0) is 12.8. The summed E-state index contributed by atoms with van der Waals surface area (Å²) in [6, 6.07) is 19.4. The molecule has 0 spiro atoms. The van der Waals surface area contributed by atoms with E-state index in [0.29, 0.717) is 13.0 Å². The Balaban J connectivity index is 2.41. The van der Waals surface area contributed by atoms with Crippen LogP contribution in [0, 0.1) is 0 Å². The SMILES string of the molecule is COCCC(O)(c1ccccc1)c1ccccc1. The molecule has 0 aliphatic rings. The molecule has 0 aliphatic carbocycles. The summed E-state index contributed by atoms with van der Waals surface area (Å²) < 4.78 is 5.12. The lowest BCUT2D eigenvalue weighted by molar-refractivity contribution is 0.0402. The van der Waals surface area contributed by atoms with Gasteiger partial charge in [-0.05, 0) is 11.1 Å². The number of hydrogen-bond donors (Lipinski definition) is 1. The summed E-state index contributed by atoms with van der Waals surface area (Å²) in [6.07, 6.45) is 0.539. The maximum Gasteiger partial charge on any atom is 0.117 e. The van der Waals surface area contributed by atoms with Crippen LogP contribution >= 0.6 is 0 Å². The van der Waals surface area contributed by atoms with Crippen molar-refractivity contribution in [2.75, 3.05) is 13.7 Å². The van der Waals surface area contributed by atoms with Crippen molar-refractivity contribution in [2.45, 2.75) is 12.0 Å². The topological polar surface area (TPSA) is 29.5 Å². The molecule has 94 valence electrons. The summed E-state index contributed by atoms with van der Waals surface area (Å²) in [4.78, 5) is 0. The Bertz CT molecular complexity index is 425. The van der Waals surface area contributed by atoms with Gasteiger partial charge in [-0.25, -0.2) is 0 Å². The van der Waals surface area contributed by atoms with Crippen LogP contribution in [0.5, 0.6) is 0 Å². The molecule has 0 fully saturated rings. The third-order valence-corrected chi connectivity index (χ3v) is 3.17. The van der Waals surface area contributed by atoms with Gasteiger partial charge in [0.1, 0.15) is 5.60 Å². The zero-order valence-electron chi connectivity index (χ0n) is 10.5. The average molecular weight is 242 g/mol. The Labute approximate surface area is 108 Å². The Morgan fingerprint density at radius 2 is 1.33 bits per heavy atom. The largest absolute Gasteiger partial charge is 0.385 e. The molecular formula is C16H18O2. The molecule has 0 aromatic heterocycles. The van der Waals surface area contributed by atoms with Gasteiger partial charge in [-0.3, -0.25) is 0 Å². The van der Waals surface area contributed by atoms with Crippen LogP contribution in [0.2, 0.25) is 0 Å². The van der Waals surface area contributed by atoms with E-state index >= 15 is 0 Å². The highest BCUT2D eigenvalue weighted by molar-refractivity contribution is 5.35. The highest BCUT2D eigenvalue weighted by atomic mass is 16.5. The number of methoxy groups -OCH3 is 1. The second-order valence-electron chi connectivity index (χ2n) is 4.34. The molecule has 0 atom stereocenters. The number of hydrogen-bond acceptors (Lipinski definition) is 2. The third-order valence-electron chi connectivity index (χ3n) is 3.17. The van der Waals surface area contributed by atoms with E-state index in [2.05, 4.69) is 0 Å². The molecule has 0 aliphatic heterocycles. The van der Waals surface area contributed by atoms with Crippen molar-refractivity contribution in [3.05, 3.63) is 71.8 Å². The van der Waals surface area contributed by atoms with Crippen LogP contribution in [0.3, 0.4) is 0 Å². The fraction of sp³-hybridized carbons (Fsp3) is 0.250. The van der Waals surface area contributed by atoms with Gasteiger partial charge in [-0.1, -0.05) is 60.7 Å². The molecular weight excluding hydrogens is 224 g/mol. The predicted molar refractivity (Wildman–Crippen MR) is 72.4 cm³/mol. The first kappa shape index (κ1) is 12.8. The molecule has 2 aromatic rings. The summed E-state index contributed by atoms with van der Waals surface area (Å²) in [7, 11) is 1.65. The molecule has 2 nitrogen and oxygen atoms in total. The van der Waals surface area contributed by atoms with Gasteiger partial charge < -0.3 is 9.84 Å². The number of aliphatic hydroxyl groups is 1. The minimum absolute atomic E-state index is 0.514. The van der Waals surface area contributed by atoms with E-state index in [1.54, 1.807) is 7.11 Å². The Kier molecular flexibility index (Phi) is 4.13. The minimum Gasteiger partial charge on any atom is -0.385 e. The quantitative estimate of drug-likeness (QED) is 0.873. The van der Waals surface area contributed by atoms with E-state index in [4.69, 9.17) is 4.74 Å². The van der Waals surface area contributed by atoms with Gasteiger partial charge >= 0.3 is 0 Å². The highest BCUT2D eigenvalue weighted by Crippen LogP contribution is 2.32. The zero-order valence-corrected chi connectivity index (χ0v) is 10.5. The maximum atomic E-state index is 11.0. The molecule has 0 heterocycles. The van der Waals surface area contributed by atoms with Gasteiger partial charge in [0.25, 0.3) is 0 Å². The summed E-state index contributed by atoms with van der Waals surface area (Å²) in [5.41, 5.74) is 0.805. The second-order valence-corrected chi connectivity index (χ2v) is 4.34. The average Bonchev–Trinajstić information content (AvgIpc) is 2.46. The lowest BCUT2D eigenvalue weighted by Gasteiger charge is -2.29. The molecule has 2 aromatic carbocycles. The fourth-order valence-corrected chi connectivity index (χ4v) is 2.13. The second kappa shape index (κ2) is 5.80. The van der Waals surface area contributed by atoms with Gasteiger partial charge in [0.05, 0.1) is 0 Å². The van der Waals surface area contributed by atoms with Crippen molar-refractivity contribution >= 4 is 0 Å². The molecule has 0 radical (unpaired) electrons. The van der Waals surface area contributed by atoms with Crippen molar-refractivity contribution < 1.29 is 9.84 Å². The van der Waals surface area contributed by atoms with Crippen LogP contribution in [-0.4, -0.2) is 18.8 Å². The molecule has 0 unspecified atom stereocenters. The van der Waals surface area contributed by atoms with Crippen LogP contribution in [0.4, 0.5) is 0 Å². The molecule has 0 saturated heterocycles. The van der Waals surface area contributed by atoms with Gasteiger partial charge in [0.15, 0.2) is 0 Å². The first-order chi connectivity index (χ1) is 8.77. The standard InChI is InChI=1S/C16H18O2/c1-18-13-12-16(17,14-8-4-2-5-9-14)15-10-6-3-7-11-15/h2-11,17H,12-13H2,1H3. The van der Waals surface area contributed by atoms with E-state index in [1.807, 2.05) is 60.7 Å². The number of ether oxygens (including phenoxy) is 1. The van der Waals surface area contributed by atoms with E-state index in [-0.39, 0.29) is 0 Å². The van der Waals surface area contributed by atoms with Crippen LogP contribution in [-0.2, 0) is 10.3 Å². The summed E-state index contributed by atoms with van der Waals surface area (Å²) in [6.45, 7) is 0.514. The van der Waals surface area contributed by atoms with Crippen LogP contribution in [0.25, 0.3) is 0 Å². The van der Waals surface area contributed by atoms with E-state index in [0.717, 1.165) is 11.1 Å². The monoisotopic (exact) mass is 242 g/mol. The minimum atomic E-state index is -0.988. The van der Waals surface area contributed by atoms with E-state index in [9.17, 15) is 5.11 Å². The van der Waals surface area contributed by atoms with Crippen molar-refractivity contribution in [1.82, 2.24) is 0 Å². The van der Waals surface area contributed by atoms with Crippen LogP contribution < -0.4 is 0 Å². The molecule has 2 rings (SSSR count). The van der Waals surface area contributed by atoms with E-state index in [1.165, 1.54) is 0 Å². The van der Waals surface area contributed by atoms with Crippen LogP contribution in [0.15, 0.2) is 60.7 Å². The normalized spacial score (nSPS) is 11.4. The highest BCUT2D eigenvalue weighted by Gasteiger charge is 2.30. The summed E-state index contributed by atoms with van der Waals surface area (Å²) in [5, 5.41) is 11.0. The summed E-state index contributed by atoms with van der Waals surface area (Å²) in [5.74, 6) is 0. The molecule has 0 bridgehead atoms. The fourth-order valence-electron chi connectivity index (χ4n) is 2.13. The van der Waals surface area contributed by atoms with Gasteiger partial charge in [0.2, 0.25) is 0 Å². The van der Waals surface area contributed by atoms with E-state index < -0.39 is 5.60 Å². The predicted octanol–water partition coefficient (Wildman–Crippen LogP) is 2.96. The van der Waals surface area contributed by atoms with Crippen molar-refractivity contribution in [1.29, 1.82) is 0 Å². The lowest BCUT2D eigenvalue weighted by Crippen LogP contribution is -2.28. The Morgan fingerprint density at radius 3 is 1.72 bits per heavy atom. The first-order valence-electron chi connectivity index (χ1n) is 6.10. The summed E-state index contributed by atoms with van der Waals surface area (Å²) >= 11 is 0. The number of rotatable bonds is 5. The van der Waals surface area contributed by atoms with Crippen molar-refractivity contribution in [2.24, 2.45) is 0 Å². The molecule has 18 heavy (non-hydrogen) atoms. The maximum absolute atomic E-state index is 11.0. The molecule has 0 saturated carbocycles. The number of benzene rings is 2. The Morgan fingerprint density at radius 1 is 0.889 bits per heavy atom. The van der Waals surface area contributed by atoms with Gasteiger partial charge in [-0.15, -0.1) is 0 Å². The molecule has 1 N–H and O–H groups in total. The van der Waals surface area contributed by atoms with Crippen LogP contribution in [0.1, 0.15) is 17.5 Å². The Hall–Kier alpha value is -1.64. The van der Waals surface area contributed by atoms with Gasteiger partial charge in [0, 0.05) is 20.1 Å². The first-order valence-corrected chi connectivity index (χ1v) is 6.10. The van der Waals surface area contributed by atoms with Gasteiger partial charge in [-0.2, -0.15) is 0 Å². The van der Waals surface area contributed by atoms with Crippen molar-refractivity contribution in [3.8, 4) is 0 Å². The third kappa shape index (κ3) is 2.61. The molecule has 2 heteroatoms. The smallest absolute Gasteiger partial charge is 0.117 e. The molecule has 0 amide bonds.